The molecule has 17 heavy (non-hydrogen) atoms. The highest BCUT2D eigenvalue weighted by atomic mass is 35.5. The van der Waals surface area contributed by atoms with Gasteiger partial charge in [0, 0.05) is 32.4 Å². The van der Waals surface area contributed by atoms with Crippen LogP contribution in [0.2, 0.25) is 0 Å². The molecule has 1 aliphatic heterocycles. The molecule has 0 aromatic carbocycles. The molecule has 0 unspecified atom stereocenters. The summed E-state index contributed by atoms with van der Waals surface area (Å²) in [6.45, 7) is 4.24. The summed E-state index contributed by atoms with van der Waals surface area (Å²) in [5.74, 6) is 1.16. The van der Waals surface area contributed by atoms with Crippen LogP contribution in [0.5, 0.6) is 0 Å². The highest BCUT2D eigenvalue weighted by Gasteiger charge is 2.14. The molecule has 1 N–H and O–H groups in total. The minimum Gasteiger partial charge on any atom is -0.353 e. The SMILES string of the molecule is Cl.Cl.c1cc2ccsc2c(N2CCNCC2)n1. The number of anilines is 1. The third-order valence-corrected chi connectivity index (χ3v) is 3.69. The molecule has 1 fully saturated rings. The Morgan fingerprint density at radius 2 is 1.94 bits per heavy atom. The van der Waals surface area contributed by atoms with Crippen molar-refractivity contribution in [3.8, 4) is 0 Å². The number of nitrogens with one attached hydrogen (secondary N) is 1. The molecule has 94 valence electrons. The van der Waals surface area contributed by atoms with E-state index in [9.17, 15) is 0 Å². The predicted molar refractivity (Wildman–Crippen MR) is 79.2 cm³/mol. The average Bonchev–Trinajstić information content (AvgIpc) is 2.78. The van der Waals surface area contributed by atoms with E-state index in [1.54, 1.807) is 11.3 Å². The zero-order valence-corrected chi connectivity index (χ0v) is 11.7. The molecule has 0 bridgehead atoms. The Balaban J connectivity index is 0.000000722. The van der Waals surface area contributed by atoms with Gasteiger partial charge in [-0.2, -0.15) is 0 Å². The van der Waals surface area contributed by atoms with Gasteiger partial charge in [-0.05, 0) is 22.9 Å². The second-order valence-corrected chi connectivity index (χ2v) is 4.63. The molecule has 2 aromatic rings. The first-order valence-corrected chi connectivity index (χ1v) is 6.11. The average molecular weight is 292 g/mol. The predicted octanol–water partition coefficient (Wildman–Crippen LogP) is 2.55. The van der Waals surface area contributed by atoms with Gasteiger partial charge in [0.25, 0.3) is 0 Å². The number of nitrogens with zero attached hydrogens (tertiary/aromatic N) is 2. The van der Waals surface area contributed by atoms with E-state index in [0.717, 1.165) is 32.0 Å². The number of hydrogen-bond donors (Lipinski definition) is 1. The van der Waals surface area contributed by atoms with Gasteiger partial charge in [-0.15, -0.1) is 36.2 Å². The zero-order valence-electron chi connectivity index (χ0n) is 9.26. The van der Waals surface area contributed by atoms with Gasteiger partial charge in [-0.1, -0.05) is 0 Å². The number of halogens is 2. The van der Waals surface area contributed by atoms with E-state index in [0.29, 0.717) is 0 Å². The van der Waals surface area contributed by atoms with Crippen molar-refractivity contribution in [3.63, 3.8) is 0 Å². The molecule has 6 heteroatoms. The summed E-state index contributed by atoms with van der Waals surface area (Å²) >= 11 is 1.78. The maximum absolute atomic E-state index is 4.51. The Labute approximate surface area is 117 Å². The molecule has 0 aliphatic carbocycles. The van der Waals surface area contributed by atoms with Crippen LogP contribution in [-0.2, 0) is 0 Å². The van der Waals surface area contributed by atoms with Crippen LogP contribution in [0.25, 0.3) is 10.1 Å². The summed E-state index contributed by atoms with van der Waals surface area (Å²) in [4.78, 5) is 6.88. The summed E-state index contributed by atoms with van der Waals surface area (Å²) in [6.07, 6.45) is 1.91. The van der Waals surface area contributed by atoms with Crippen molar-refractivity contribution < 1.29 is 0 Å². The first-order chi connectivity index (χ1) is 7.45. The Morgan fingerprint density at radius 1 is 1.18 bits per heavy atom. The lowest BCUT2D eigenvalue weighted by Gasteiger charge is -2.28. The van der Waals surface area contributed by atoms with Gasteiger partial charge < -0.3 is 10.2 Å². The molecule has 1 aliphatic rings. The van der Waals surface area contributed by atoms with Crippen molar-refractivity contribution in [1.29, 1.82) is 0 Å². The van der Waals surface area contributed by atoms with Crippen LogP contribution in [0.1, 0.15) is 0 Å². The molecule has 0 spiro atoms. The zero-order chi connectivity index (χ0) is 10.1. The van der Waals surface area contributed by atoms with Gasteiger partial charge in [-0.25, -0.2) is 4.98 Å². The van der Waals surface area contributed by atoms with E-state index < -0.39 is 0 Å². The Kier molecular flexibility index (Phi) is 5.46. The fourth-order valence-electron chi connectivity index (χ4n) is 1.98. The summed E-state index contributed by atoms with van der Waals surface area (Å²) in [7, 11) is 0. The number of pyridine rings is 1. The smallest absolute Gasteiger partial charge is 0.146 e. The lowest BCUT2D eigenvalue weighted by molar-refractivity contribution is 0.586. The van der Waals surface area contributed by atoms with E-state index in [1.165, 1.54) is 10.1 Å². The van der Waals surface area contributed by atoms with Gasteiger partial charge in [0.15, 0.2) is 0 Å². The number of hydrogen-bond acceptors (Lipinski definition) is 4. The van der Waals surface area contributed by atoms with Crippen molar-refractivity contribution >= 4 is 52.1 Å². The molecular weight excluding hydrogens is 277 g/mol. The highest BCUT2D eigenvalue weighted by Crippen LogP contribution is 2.29. The summed E-state index contributed by atoms with van der Waals surface area (Å²) in [6, 6.07) is 4.24. The topological polar surface area (TPSA) is 28.2 Å². The van der Waals surface area contributed by atoms with Gasteiger partial charge >= 0.3 is 0 Å². The highest BCUT2D eigenvalue weighted by molar-refractivity contribution is 7.17. The molecule has 3 nitrogen and oxygen atoms in total. The number of aromatic nitrogens is 1. The maximum atomic E-state index is 4.51. The fourth-order valence-corrected chi connectivity index (χ4v) is 2.89. The van der Waals surface area contributed by atoms with Gasteiger partial charge in [0.1, 0.15) is 5.82 Å². The first kappa shape index (κ1) is 14.5. The number of rotatable bonds is 1. The molecule has 1 saturated heterocycles. The van der Waals surface area contributed by atoms with Crippen molar-refractivity contribution in [2.75, 3.05) is 31.1 Å². The number of fused-ring (bicyclic) bond motifs is 1. The summed E-state index contributed by atoms with van der Waals surface area (Å²) < 4.78 is 1.32. The first-order valence-electron chi connectivity index (χ1n) is 5.23. The second kappa shape index (κ2) is 6.40. The van der Waals surface area contributed by atoms with Crippen molar-refractivity contribution in [3.05, 3.63) is 23.7 Å². The Morgan fingerprint density at radius 3 is 2.71 bits per heavy atom. The van der Waals surface area contributed by atoms with Crippen LogP contribution in [0.15, 0.2) is 23.7 Å². The van der Waals surface area contributed by atoms with E-state index >= 15 is 0 Å². The van der Waals surface area contributed by atoms with Crippen molar-refractivity contribution in [2.24, 2.45) is 0 Å². The second-order valence-electron chi connectivity index (χ2n) is 3.71. The van der Waals surface area contributed by atoms with Crippen LogP contribution < -0.4 is 10.2 Å². The van der Waals surface area contributed by atoms with Crippen LogP contribution in [0.3, 0.4) is 0 Å². The minimum atomic E-state index is 0. The van der Waals surface area contributed by atoms with Crippen LogP contribution in [0.4, 0.5) is 5.82 Å². The summed E-state index contributed by atoms with van der Waals surface area (Å²) in [5.41, 5.74) is 0. The lowest BCUT2D eigenvalue weighted by atomic mass is 10.3. The normalized spacial score (nSPS) is 15.2. The molecule has 0 atom stereocenters. The van der Waals surface area contributed by atoms with Gasteiger partial charge in [0.05, 0.1) is 4.70 Å². The van der Waals surface area contributed by atoms with Gasteiger partial charge in [0.2, 0.25) is 0 Å². The lowest BCUT2D eigenvalue weighted by Crippen LogP contribution is -2.43. The van der Waals surface area contributed by atoms with Crippen molar-refractivity contribution in [2.45, 2.75) is 0 Å². The Bertz CT molecular complexity index is 468. The maximum Gasteiger partial charge on any atom is 0.146 e. The van der Waals surface area contributed by atoms with Crippen LogP contribution in [-0.4, -0.2) is 31.2 Å². The number of thiophene rings is 1. The van der Waals surface area contributed by atoms with E-state index in [1.807, 2.05) is 6.20 Å². The molecule has 2 aromatic heterocycles. The molecule has 3 rings (SSSR count). The van der Waals surface area contributed by atoms with E-state index in [2.05, 4.69) is 32.7 Å². The van der Waals surface area contributed by atoms with E-state index in [4.69, 9.17) is 0 Å². The third kappa shape index (κ3) is 2.83. The third-order valence-electron chi connectivity index (χ3n) is 2.77. The number of piperazine rings is 1. The largest absolute Gasteiger partial charge is 0.353 e. The fraction of sp³-hybridized carbons (Fsp3) is 0.364. The Hall–Kier alpha value is -0.550. The minimum absolute atomic E-state index is 0. The standard InChI is InChI=1S/C11H13N3S.2ClH/c1-3-13-11(10-9(1)2-8-15-10)14-6-4-12-5-7-14;;/h1-3,8,12H,4-7H2;2*1H. The summed E-state index contributed by atoms with van der Waals surface area (Å²) in [5, 5.41) is 6.81. The van der Waals surface area contributed by atoms with Crippen LogP contribution >= 0.6 is 36.2 Å². The van der Waals surface area contributed by atoms with Crippen LogP contribution in [0, 0.1) is 0 Å². The molecule has 0 amide bonds. The monoisotopic (exact) mass is 291 g/mol. The quantitative estimate of drug-likeness (QED) is 0.875. The molecular formula is C11H15Cl2N3S. The van der Waals surface area contributed by atoms with Gasteiger partial charge in [-0.3, -0.25) is 0 Å². The molecule has 0 saturated carbocycles. The van der Waals surface area contributed by atoms with E-state index in [-0.39, 0.29) is 24.8 Å². The van der Waals surface area contributed by atoms with Crippen molar-refractivity contribution in [1.82, 2.24) is 10.3 Å². The molecule has 3 heterocycles. The molecule has 0 radical (unpaired) electrons.